The Kier molecular flexibility index (Phi) is 7.55. The maximum atomic E-state index is 9.85. The molecule has 0 aliphatic carbocycles. The van der Waals surface area contributed by atoms with Crippen LogP contribution in [0, 0.1) is 38.2 Å². The second kappa shape index (κ2) is 13.4. The van der Waals surface area contributed by atoms with Crippen LogP contribution in [-0.4, -0.2) is 4.98 Å². The first-order valence-corrected chi connectivity index (χ1v) is 14.6. The number of benzene rings is 5. The normalized spacial score (nSPS) is 12.1. The van der Waals surface area contributed by atoms with E-state index in [-0.39, 0.29) is 25.7 Å². The summed E-state index contributed by atoms with van der Waals surface area (Å²) in [5.41, 5.74) is 7.98. The van der Waals surface area contributed by atoms with Gasteiger partial charge in [-0.3, -0.25) is 0 Å². The van der Waals surface area contributed by atoms with Gasteiger partial charge in [-0.1, -0.05) is 83.7 Å². The largest absolute Gasteiger partial charge is 3.00 e. The molecular weight excluding hydrogens is 755 g/mol. The number of nitrogens with zero attached hydrogens (tertiary/aromatic N) is 3. The van der Waals surface area contributed by atoms with Crippen LogP contribution < -0.4 is 4.57 Å². The van der Waals surface area contributed by atoms with Crippen LogP contribution in [0.2, 0.25) is 0 Å². The fraction of sp³-hybridized carbons (Fsp3) is 0.0238. The molecule has 0 unspecified atom stereocenters. The summed E-state index contributed by atoms with van der Waals surface area (Å²) in [4.78, 5) is 4.47. The topological polar surface area (TPSA) is 53.7 Å². The molecule has 3 aromatic heterocycles. The van der Waals surface area contributed by atoms with Crippen molar-refractivity contribution in [3.05, 3.63) is 170 Å². The van der Waals surface area contributed by atoms with E-state index in [4.69, 9.17) is 9.90 Å². The summed E-state index contributed by atoms with van der Waals surface area (Å²) in [6.45, 7) is 1.76. The van der Waals surface area contributed by atoms with Crippen LogP contribution in [0.25, 0.3) is 66.4 Å². The van der Waals surface area contributed by atoms with Gasteiger partial charge >= 0.3 is 20.1 Å². The van der Waals surface area contributed by atoms with Crippen LogP contribution in [0.3, 0.4) is 0 Å². The average Bonchev–Trinajstić information content (AvgIpc) is 3.50. The van der Waals surface area contributed by atoms with Crippen LogP contribution in [0.4, 0.5) is 0 Å². The quantitative estimate of drug-likeness (QED) is 0.132. The van der Waals surface area contributed by atoms with Crippen LogP contribution in [0.15, 0.2) is 138 Å². The summed E-state index contributed by atoms with van der Waals surface area (Å²) < 4.78 is 37.6. The number of aryl methyl sites for hydroxylation is 1. The van der Waals surface area contributed by atoms with Gasteiger partial charge < -0.3 is 14.0 Å². The molecule has 0 aliphatic rings. The molecule has 0 N–H and O–H groups in total. The summed E-state index contributed by atoms with van der Waals surface area (Å²) in [5, 5.41) is 14.1. The summed E-state index contributed by atoms with van der Waals surface area (Å²) in [5.74, 6) is 0. The Morgan fingerprint density at radius 2 is 1.72 bits per heavy atom. The van der Waals surface area contributed by atoms with Gasteiger partial charge in [0.05, 0.1) is 29.1 Å². The monoisotopic (exact) mass is 788 g/mol. The zero-order valence-corrected chi connectivity index (χ0v) is 27.5. The first kappa shape index (κ1) is 26.5. The molecule has 5 aromatic carbocycles. The second-order valence-electron chi connectivity index (χ2n) is 10.8. The molecule has 0 spiro atoms. The van der Waals surface area contributed by atoms with Gasteiger partial charge in [0.1, 0.15) is 5.58 Å². The van der Waals surface area contributed by atoms with E-state index in [0.717, 1.165) is 60.8 Å². The van der Waals surface area contributed by atoms with Gasteiger partial charge in [0.15, 0.2) is 0 Å². The first-order chi connectivity index (χ1) is 24.1. The maximum absolute atomic E-state index is 9.85. The molecule has 0 saturated heterocycles. The smallest absolute Gasteiger partial charge is 0.500 e. The Morgan fingerprint density at radius 3 is 2.49 bits per heavy atom. The molecule has 47 heavy (non-hydrogen) atoms. The summed E-state index contributed by atoms with van der Waals surface area (Å²) in [7, 11) is 3.83. The van der Waals surface area contributed by atoms with Crippen molar-refractivity contribution in [1.29, 1.82) is 5.26 Å². The number of hydrogen-bond acceptors (Lipinski definition) is 3. The summed E-state index contributed by atoms with van der Waals surface area (Å²) >= 11 is 0. The van der Waals surface area contributed by atoms with Crippen molar-refractivity contribution in [2.75, 3.05) is 0 Å². The number of rotatable bonds is 3. The Labute approximate surface area is 293 Å². The van der Waals surface area contributed by atoms with Gasteiger partial charge in [-0.15, -0.1) is 35.9 Å². The molecule has 0 bridgehead atoms. The van der Waals surface area contributed by atoms with Gasteiger partial charge in [0.25, 0.3) is 0 Å². The molecule has 8 rings (SSSR count). The molecule has 0 fully saturated rings. The number of furan rings is 1. The molecule has 0 atom stereocenters. The summed E-state index contributed by atoms with van der Waals surface area (Å²) in [6, 6.07) is 42.4. The van der Waals surface area contributed by atoms with E-state index in [0.29, 0.717) is 22.8 Å². The Bertz CT molecular complexity index is 2590. The van der Waals surface area contributed by atoms with Crippen molar-refractivity contribution in [3.8, 4) is 39.7 Å². The zero-order chi connectivity index (χ0) is 35.0. The van der Waals surface area contributed by atoms with E-state index in [2.05, 4.69) is 61.4 Å². The van der Waals surface area contributed by atoms with E-state index in [1.54, 1.807) is 36.5 Å². The maximum Gasteiger partial charge on any atom is 3.00 e. The standard InChI is InChI=1S/C28H15N2O.C14H14N.Ir/c29-17-21-13-14-23-22-8-5-9-24(25-10-3-4-15-30-25)27(22)31-28(23)26(21)20-12-11-18-6-1-2-7-19(18)16-20;1-11-8-9-14(15(3)10-11)13-7-5-4-6-12(13)2;/h1-8,10-16H;4-10H,2-3H2,1H3;/q2*-1;+3/i;1D3,4D;. The minimum atomic E-state index is -2.14. The first-order valence-electron chi connectivity index (χ1n) is 16.6. The zero-order valence-electron chi connectivity index (χ0n) is 29.1. The molecule has 0 radical (unpaired) electrons. The van der Waals surface area contributed by atoms with Crippen molar-refractivity contribution in [2.24, 2.45) is 0 Å². The third-order valence-electron chi connectivity index (χ3n) is 7.93. The molecule has 8 aromatic rings. The van der Waals surface area contributed by atoms with E-state index < -0.39 is 6.85 Å². The Balaban J connectivity index is 0.000000194. The second-order valence-corrected chi connectivity index (χ2v) is 10.8. The molecular formula is C42H29IrN3O+. The predicted molar refractivity (Wildman–Crippen MR) is 185 cm³/mol. The van der Waals surface area contributed by atoms with E-state index >= 15 is 0 Å². The Morgan fingerprint density at radius 1 is 0.894 bits per heavy atom. The number of fused-ring (bicyclic) bond motifs is 4. The number of nitriles is 1. The molecule has 0 amide bonds. The van der Waals surface area contributed by atoms with Crippen molar-refractivity contribution < 1.29 is 34.6 Å². The number of pyridine rings is 2. The van der Waals surface area contributed by atoms with Gasteiger partial charge in [-0.2, -0.15) is 23.8 Å². The SMILES string of the molecule is N#Cc1ccc2c(oc3c(-c4ccccn4)[c-]ccc32)c1-c1ccc2ccccc2c1.[2H]c1ccc(-c2ccc(C([2H])([2H])[2H])c[n+]2[CH2-])c([CH2-])c1.[Ir+3]. The van der Waals surface area contributed by atoms with Crippen LogP contribution in [0.5, 0.6) is 0 Å². The van der Waals surface area contributed by atoms with Crippen molar-refractivity contribution in [1.82, 2.24) is 4.98 Å². The third-order valence-corrected chi connectivity index (χ3v) is 7.93. The third kappa shape index (κ3) is 6.01. The predicted octanol–water partition coefficient (Wildman–Crippen LogP) is 9.91. The Hall–Kier alpha value is -5.66. The molecule has 3 heterocycles. The number of hydrogen-bond donors (Lipinski definition) is 0. The van der Waals surface area contributed by atoms with Crippen LogP contribution in [0.1, 0.15) is 22.2 Å². The van der Waals surface area contributed by atoms with E-state index in [1.807, 2.05) is 54.6 Å². The van der Waals surface area contributed by atoms with E-state index in [1.165, 1.54) is 10.8 Å². The summed E-state index contributed by atoms with van der Waals surface area (Å²) in [6.07, 6.45) is 3.26. The van der Waals surface area contributed by atoms with Gasteiger partial charge in [-0.05, 0) is 52.6 Å². The van der Waals surface area contributed by atoms with Gasteiger partial charge in [-0.25, -0.2) is 0 Å². The van der Waals surface area contributed by atoms with E-state index in [9.17, 15) is 5.26 Å². The van der Waals surface area contributed by atoms with Gasteiger partial charge in [0, 0.05) is 29.7 Å². The van der Waals surface area contributed by atoms with Crippen LogP contribution in [-0.2, 0) is 20.1 Å². The molecule has 5 heteroatoms. The average molecular weight is 788 g/mol. The molecule has 0 saturated carbocycles. The fourth-order valence-electron chi connectivity index (χ4n) is 5.73. The van der Waals surface area contributed by atoms with Crippen molar-refractivity contribution in [2.45, 2.75) is 6.85 Å². The van der Waals surface area contributed by atoms with Gasteiger partial charge in [0.2, 0.25) is 0 Å². The van der Waals surface area contributed by atoms with Crippen molar-refractivity contribution >= 4 is 32.7 Å². The molecule has 4 nitrogen and oxygen atoms in total. The van der Waals surface area contributed by atoms with Crippen LogP contribution >= 0.6 is 0 Å². The van der Waals surface area contributed by atoms with Crippen molar-refractivity contribution in [3.63, 3.8) is 0 Å². The molecule has 226 valence electrons. The fourth-order valence-corrected chi connectivity index (χ4v) is 5.73. The molecule has 0 aliphatic heterocycles. The minimum absolute atomic E-state index is 0. The number of aromatic nitrogens is 2. The minimum Gasteiger partial charge on any atom is -0.500 e.